The Balaban J connectivity index is 2.50. The molecule has 21 heavy (non-hydrogen) atoms. The summed E-state index contributed by atoms with van der Waals surface area (Å²) in [5.74, 6) is -0.805. The van der Waals surface area contributed by atoms with Crippen LogP contribution in [0.2, 0.25) is 0 Å². The van der Waals surface area contributed by atoms with Crippen molar-refractivity contribution in [2.24, 2.45) is 0 Å². The first-order valence-corrected chi connectivity index (χ1v) is 7.55. The number of hydrogen-bond acceptors (Lipinski definition) is 3. The molecule has 1 aromatic carbocycles. The lowest BCUT2D eigenvalue weighted by molar-refractivity contribution is -0.160. The van der Waals surface area contributed by atoms with E-state index in [9.17, 15) is 26.0 Å². The summed E-state index contributed by atoms with van der Waals surface area (Å²) >= 11 is 0. The number of nitrogens with one attached hydrogen (secondary N) is 1. The number of alkyl halides is 3. The van der Waals surface area contributed by atoms with Crippen molar-refractivity contribution in [3.05, 3.63) is 23.0 Å². The number of rotatable bonds is 3. The van der Waals surface area contributed by atoms with Crippen molar-refractivity contribution < 1.29 is 26.0 Å². The van der Waals surface area contributed by atoms with Crippen LogP contribution in [0.4, 0.5) is 23.2 Å². The molecule has 0 amide bonds. The van der Waals surface area contributed by atoms with E-state index in [2.05, 4.69) is 0 Å². The predicted molar refractivity (Wildman–Crippen MR) is 68.6 cm³/mol. The summed E-state index contributed by atoms with van der Waals surface area (Å²) in [7, 11) is -4.46. The maximum Gasteiger partial charge on any atom is 0.407 e. The minimum absolute atomic E-state index is 0.00433. The van der Waals surface area contributed by atoms with E-state index in [0.29, 0.717) is 0 Å². The van der Waals surface area contributed by atoms with Crippen LogP contribution < -0.4 is 10.5 Å². The molecule has 1 aromatic rings. The molecule has 0 spiro atoms. The van der Waals surface area contributed by atoms with Crippen molar-refractivity contribution >= 4 is 15.7 Å². The number of anilines is 1. The van der Waals surface area contributed by atoms with Crippen molar-refractivity contribution in [2.75, 3.05) is 5.73 Å². The predicted octanol–water partition coefficient (Wildman–Crippen LogP) is 2.40. The summed E-state index contributed by atoms with van der Waals surface area (Å²) in [6, 6.07) is 0.893. The van der Waals surface area contributed by atoms with Gasteiger partial charge in [-0.3, -0.25) is 0 Å². The number of hydrogen-bond donors (Lipinski definition) is 2. The Labute approximate surface area is 119 Å². The normalized spacial score (nSPS) is 17.8. The fraction of sp³-hybridized carbons (Fsp3) is 0.500. The topological polar surface area (TPSA) is 72.2 Å². The molecule has 1 aliphatic rings. The fourth-order valence-corrected chi connectivity index (χ4v) is 4.15. The third-order valence-electron chi connectivity index (χ3n) is 3.59. The molecule has 0 saturated heterocycles. The highest BCUT2D eigenvalue weighted by Crippen LogP contribution is 2.50. The number of nitrogen functional groups attached to an aromatic ring is 1. The van der Waals surface area contributed by atoms with Crippen LogP contribution in [0, 0.1) is 19.7 Å². The zero-order valence-corrected chi connectivity index (χ0v) is 12.1. The standard InChI is InChI=1S/C12H14F4N2O2S/c1-6-5-8(13)9(17)7(2)10(6)21(19,20)18-11(3-4-11)12(14,15)16/h5,18H,3-4,17H2,1-2H3. The summed E-state index contributed by atoms with van der Waals surface area (Å²) in [5, 5.41) is 0. The third kappa shape index (κ3) is 2.59. The van der Waals surface area contributed by atoms with Gasteiger partial charge in [-0.2, -0.15) is 17.9 Å². The lowest BCUT2D eigenvalue weighted by atomic mass is 10.1. The van der Waals surface area contributed by atoms with Crippen LogP contribution in [0.25, 0.3) is 0 Å². The second-order valence-electron chi connectivity index (χ2n) is 5.23. The molecule has 0 aliphatic heterocycles. The maximum absolute atomic E-state index is 13.4. The van der Waals surface area contributed by atoms with Crippen molar-refractivity contribution in [3.63, 3.8) is 0 Å². The van der Waals surface area contributed by atoms with E-state index in [4.69, 9.17) is 5.73 Å². The van der Waals surface area contributed by atoms with Gasteiger partial charge in [0, 0.05) is 0 Å². The molecule has 0 heterocycles. The first-order chi connectivity index (χ1) is 9.41. The first-order valence-electron chi connectivity index (χ1n) is 6.07. The number of aryl methyl sites for hydroxylation is 1. The molecule has 9 heteroatoms. The molecule has 2 rings (SSSR count). The molecule has 3 N–H and O–H groups in total. The van der Waals surface area contributed by atoms with Gasteiger partial charge in [0.25, 0.3) is 0 Å². The highest BCUT2D eigenvalue weighted by Gasteiger charge is 2.65. The average Bonchev–Trinajstić information content (AvgIpc) is 3.05. The molecule has 0 bridgehead atoms. The number of nitrogens with two attached hydrogens (primary N) is 1. The number of sulfonamides is 1. The average molecular weight is 326 g/mol. The van der Waals surface area contributed by atoms with Gasteiger partial charge in [-0.05, 0) is 43.9 Å². The number of benzene rings is 1. The molecule has 0 atom stereocenters. The highest BCUT2D eigenvalue weighted by atomic mass is 32.2. The molecular formula is C12H14F4N2O2S. The molecule has 0 unspecified atom stereocenters. The van der Waals surface area contributed by atoms with Gasteiger partial charge >= 0.3 is 6.18 Å². The Morgan fingerprint density at radius 3 is 2.24 bits per heavy atom. The van der Waals surface area contributed by atoms with Crippen LogP contribution in [0.5, 0.6) is 0 Å². The van der Waals surface area contributed by atoms with Gasteiger partial charge in [0.2, 0.25) is 10.0 Å². The van der Waals surface area contributed by atoms with E-state index < -0.39 is 38.1 Å². The summed E-state index contributed by atoms with van der Waals surface area (Å²) < 4.78 is 78.3. The Kier molecular flexibility index (Phi) is 3.49. The van der Waals surface area contributed by atoms with Crippen LogP contribution in [-0.2, 0) is 10.0 Å². The maximum atomic E-state index is 13.4. The van der Waals surface area contributed by atoms with E-state index in [1.165, 1.54) is 13.8 Å². The van der Waals surface area contributed by atoms with Crippen LogP contribution in [0.3, 0.4) is 0 Å². The minimum atomic E-state index is -4.67. The summed E-state index contributed by atoms with van der Waals surface area (Å²) in [5.41, 5.74) is 2.52. The van der Waals surface area contributed by atoms with Gasteiger partial charge in [0.1, 0.15) is 11.4 Å². The number of halogens is 4. The molecule has 0 aromatic heterocycles. The zero-order chi connectivity index (χ0) is 16.2. The lowest BCUT2D eigenvalue weighted by Crippen LogP contribution is -2.48. The molecule has 1 fully saturated rings. The molecule has 0 radical (unpaired) electrons. The monoisotopic (exact) mass is 326 g/mol. The van der Waals surface area contributed by atoms with Crippen LogP contribution >= 0.6 is 0 Å². The molecular weight excluding hydrogens is 312 g/mol. The van der Waals surface area contributed by atoms with Gasteiger partial charge in [0.15, 0.2) is 0 Å². The fourth-order valence-electron chi connectivity index (χ4n) is 2.22. The van der Waals surface area contributed by atoms with Crippen molar-refractivity contribution in [1.82, 2.24) is 4.72 Å². The highest BCUT2D eigenvalue weighted by molar-refractivity contribution is 7.89. The van der Waals surface area contributed by atoms with E-state index in [1.807, 2.05) is 0 Å². The zero-order valence-electron chi connectivity index (χ0n) is 11.3. The van der Waals surface area contributed by atoms with Crippen molar-refractivity contribution in [3.8, 4) is 0 Å². The van der Waals surface area contributed by atoms with Gasteiger partial charge in [-0.15, -0.1) is 0 Å². The first kappa shape index (κ1) is 16.0. The second-order valence-corrected chi connectivity index (χ2v) is 6.85. The van der Waals surface area contributed by atoms with Gasteiger partial charge < -0.3 is 5.73 Å². The smallest absolute Gasteiger partial charge is 0.396 e. The van der Waals surface area contributed by atoms with Crippen molar-refractivity contribution in [1.29, 1.82) is 0 Å². The van der Waals surface area contributed by atoms with E-state index in [1.54, 1.807) is 4.72 Å². The molecule has 1 aliphatic carbocycles. The third-order valence-corrected chi connectivity index (χ3v) is 5.42. The summed E-state index contributed by atoms with van der Waals surface area (Å²) in [6.45, 7) is 2.56. The second kappa shape index (κ2) is 4.57. The van der Waals surface area contributed by atoms with Crippen molar-refractivity contribution in [2.45, 2.75) is 43.3 Å². The largest absolute Gasteiger partial charge is 0.407 e. The molecule has 118 valence electrons. The summed E-state index contributed by atoms with van der Waals surface area (Å²) in [6.07, 6.45) is -5.30. The van der Waals surface area contributed by atoms with Gasteiger partial charge in [-0.1, -0.05) is 0 Å². The minimum Gasteiger partial charge on any atom is -0.396 e. The quantitative estimate of drug-likeness (QED) is 0.662. The van der Waals surface area contributed by atoms with Gasteiger partial charge in [-0.25, -0.2) is 12.8 Å². The van der Waals surface area contributed by atoms with E-state index in [-0.39, 0.29) is 24.0 Å². The Bertz CT molecular complexity index is 694. The van der Waals surface area contributed by atoms with E-state index >= 15 is 0 Å². The molecule has 4 nitrogen and oxygen atoms in total. The summed E-state index contributed by atoms with van der Waals surface area (Å²) in [4.78, 5) is -0.406. The van der Waals surface area contributed by atoms with Gasteiger partial charge in [0.05, 0.1) is 10.6 Å². The Hall–Kier alpha value is -1.35. The lowest BCUT2D eigenvalue weighted by Gasteiger charge is -2.22. The Morgan fingerprint density at radius 2 is 1.81 bits per heavy atom. The van der Waals surface area contributed by atoms with E-state index in [0.717, 1.165) is 6.07 Å². The van der Waals surface area contributed by atoms with Crippen LogP contribution in [0.15, 0.2) is 11.0 Å². The Morgan fingerprint density at radius 1 is 1.29 bits per heavy atom. The van der Waals surface area contributed by atoms with Crippen LogP contribution in [-0.4, -0.2) is 20.1 Å². The van der Waals surface area contributed by atoms with Crippen LogP contribution in [0.1, 0.15) is 24.0 Å². The SMILES string of the molecule is Cc1cc(F)c(N)c(C)c1S(=O)(=O)NC1(C(F)(F)F)CC1. The molecule has 1 saturated carbocycles.